The van der Waals surface area contributed by atoms with E-state index in [1.54, 1.807) is 0 Å². The van der Waals surface area contributed by atoms with Gasteiger partial charge in [-0.25, -0.2) is 4.79 Å². The number of carboxylic acid groups (broad SMARTS) is 2. The Bertz CT molecular complexity index is 349. The lowest BCUT2D eigenvalue weighted by atomic mass is 10.0. The Kier molecular flexibility index (Phi) is 5.14. The molecule has 0 aliphatic heterocycles. The van der Waals surface area contributed by atoms with Crippen molar-refractivity contribution < 1.29 is 24.6 Å². The fourth-order valence-electron chi connectivity index (χ4n) is 2.12. The highest BCUT2D eigenvalue weighted by atomic mass is 16.4. The van der Waals surface area contributed by atoms with Gasteiger partial charge in [0.05, 0.1) is 0 Å². The van der Waals surface area contributed by atoms with Crippen molar-refractivity contribution in [3.63, 3.8) is 0 Å². The second kappa shape index (κ2) is 6.40. The minimum absolute atomic E-state index is 0.141. The van der Waals surface area contributed by atoms with E-state index in [-0.39, 0.29) is 5.41 Å². The molecule has 0 aromatic carbocycles. The van der Waals surface area contributed by atoms with Crippen LogP contribution in [0.15, 0.2) is 0 Å². The number of aliphatic carboxylic acids is 2. The molecule has 0 unspecified atom stereocenters. The second-order valence-electron chi connectivity index (χ2n) is 5.05. The van der Waals surface area contributed by atoms with Crippen LogP contribution in [-0.4, -0.2) is 52.7 Å². The van der Waals surface area contributed by atoms with Crippen LogP contribution >= 0.6 is 0 Å². The van der Waals surface area contributed by atoms with Crippen molar-refractivity contribution in [1.82, 2.24) is 10.2 Å². The van der Waals surface area contributed by atoms with Crippen molar-refractivity contribution >= 4 is 18.0 Å². The molecule has 0 radical (unpaired) electrons. The Morgan fingerprint density at radius 1 is 1.16 bits per heavy atom. The third-order valence-corrected chi connectivity index (χ3v) is 3.29. The van der Waals surface area contributed by atoms with Gasteiger partial charge in [0.25, 0.3) is 0 Å². The van der Waals surface area contributed by atoms with Gasteiger partial charge in [-0.3, -0.25) is 9.59 Å². The number of urea groups is 1. The van der Waals surface area contributed by atoms with Crippen LogP contribution < -0.4 is 5.32 Å². The van der Waals surface area contributed by atoms with Gasteiger partial charge in [-0.05, 0) is 24.7 Å². The summed E-state index contributed by atoms with van der Waals surface area (Å²) in [7, 11) is 0. The molecule has 1 aliphatic carbocycles. The highest BCUT2D eigenvalue weighted by molar-refractivity contribution is 5.84. The lowest BCUT2D eigenvalue weighted by Gasteiger charge is -2.21. The summed E-state index contributed by atoms with van der Waals surface area (Å²) in [6, 6.07) is -0.632. The summed E-state index contributed by atoms with van der Waals surface area (Å²) in [4.78, 5) is 33.8. The topological polar surface area (TPSA) is 107 Å². The van der Waals surface area contributed by atoms with Crippen molar-refractivity contribution in [2.24, 2.45) is 5.41 Å². The average molecular weight is 272 g/mol. The number of carbonyl (C=O) groups is 3. The average Bonchev–Trinajstić information content (AvgIpc) is 3.05. The molecule has 1 aliphatic rings. The first-order valence-electron chi connectivity index (χ1n) is 6.35. The maximum Gasteiger partial charge on any atom is 0.323 e. The van der Waals surface area contributed by atoms with E-state index in [2.05, 4.69) is 12.2 Å². The summed E-state index contributed by atoms with van der Waals surface area (Å²) in [5, 5.41) is 20.0. The first-order valence-corrected chi connectivity index (χ1v) is 6.35. The maximum absolute atomic E-state index is 11.8. The maximum atomic E-state index is 11.8. The summed E-state index contributed by atoms with van der Waals surface area (Å²) in [5.74, 6) is -2.46. The number of carbonyl (C=O) groups excluding carboxylic acids is 1. The number of amides is 2. The smallest absolute Gasteiger partial charge is 0.323 e. The van der Waals surface area contributed by atoms with Gasteiger partial charge >= 0.3 is 18.0 Å². The van der Waals surface area contributed by atoms with Gasteiger partial charge < -0.3 is 20.4 Å². The molecule has 3 N–H and O–H groups in total. The van der Waals surface area contributed by atoms with E-state index >= 15 is 0 Å². The first kappa shape index (κ1) is 15.3. The van der Waals surface area contributed by atoms with Gasteiger partial charge in [0.2, 0.25) is 0 Å². The van der Waals surface area contributed by atoms with Gasteiger partial charge in [0.1, 0.15) is 13.1 Å². The van der Waals surface area contributed by atoms with E-state index in [0.717, 1.165) is 30.6 Å². The van der Waals surface area contributed by atoms with Gasteiger partial charge in [-0.15, -0.1) is 0 Å². The van der Waals surface area contributed by atoms with Crippen molar-refractivity contribution in [3.05, 3.63) is 0 Å². The lowest BCUT2D eigenvalue weighted by molar-refractivity contribution is -0.140. The van der Waals surface area contributed by atoms with Crippen LogP contribution in [0.5, 0.6) is 0 Å². The molecule has 7 heteroatoms. The van der Waals surface area contributed by atoms with Gasteiger partial charge in [0, 0.05) is 6.54 Å². The molecular weight excluding hydrogens is 252 g/mol. The van der Waals surface area contributed by atoms with Crippen LogP contribution in [0, 0.1) is 5.41 Å². The lowest BCUT2D eigenvalue weighted by Crippen LogP contribution is -2.46. The number of nitrogens with one attached hydrogen (secondary N) is 1. The number of carboxylic acids is 2. The number of hydrogen-bond donors (Lipinski definition) is 3. The molecule has 1 rings (SSSR count). The zero-order valence-electron chi connectivity index (χ0n) is 11.0. The Hall–Kier alpha value is -1.79. The van der Waals surface area contributed by atoms with Gasteiger partial charge in [0.15, 0.2) is 0 Å². The molecule has 1 fully saturated rings. The van der Waals surface area contributed by atoms with E-state index in [4.69, 9.17) is 10.2 Å². The molecule has 0 aromatic rings. The van der Waals surface area contributed by atoms with Gasteiger partial charge in [-0.1, -0.05) is 13.3 Å². The third-order valence-electron chi connectivity index (χ3n) is 3.29. The minimum atomic E-state index is -1.23. The van der Waals surface area contributed by atoms with Crippen LogP contribution in [0.1, 0.15) is 32.6 Å². The predicted octanol–water partition coefficient (Wildman–Crippen LogP) is 0.747. The van der Waals surface area contributed by atoms with Crippen molar-refractivity contribution in [3.8, 4) is 0 Å². The van der Waals surface area contributed by atoms with E-state index in [9.17, 15) is 14.4 Å². The first-order chi connectivity index (χ1) is 8.88. The van der Waals surface area contributed by atoms with E-state index in [0.29, 0.717) is 6.54 Å². The normalized spacial score (nSPS) is 15.6. The molecular formula is C12H20N2O5. The molecule has 0 bridgehead atoms. The van der Waals surface area contributed by atoms with Crippen molar-refractivity contribution in [1.29, 1.82) is 0 Å². The van der Waals surface area contributed by atoms with Crippen molar-refractivity contribution in [2.45, 2.75) is 32.6 Å². The summed E-state index contributed by atoms with van der Waals surface area (Å²) < 4.78 is 0. The zero-order valence-corrected chi connectivity index (χ0v) is 11.0. The monoisotopic (exact) mass is 272 g/mol. The number of hydrogen-bond acceptors (Lipinski definition) is 3. The molecule has 1 saturated carbocycles. The molecule has 7 nitrogen and oxygen atoms in total. The highest BCUT2D eigenvalue weighted by Gasteiger charge is 2.41. The highest BCUT2D eigenvalue weighted by Crippen LogP contribution is 2.48. The number of nitrogens with zero attached hydrogens (tertiary/aromatic N) is 1. The number of rotatable bonds is 8. The molecule has 0 heterocycles. The van der Waals surface area contributed by atoms with Crippen molar-refractivity contribution in [2.75, 3.05) is 19.6 Å². The molecule has 0 spiro atoms. The third kappa shape index (κ3) is 5.15. The predicted molar refractivity (Wildman–Crippen MR) is 66.8 cm³/mol. The summed E-state index contributed by atoms with van der Waals surface area (Å²) in [6.07, 6.45) is 4.16. The summed E-state index contributed by atoms with van der Waals surface area (Å²) >= 11 is 0. The summed E-state index contributed by atoms with van der Waals surface area (Å²) in [5.41, 5.74) is 0.141. The molecule has 0 saturated heterocycles. The van der Waals surface area contributed by atoms with Crippen LogP contribution in [-0.2, 0) is 9.59 Å². The standard InChI is InChI=1S/C12H20N2O5/c1-2-3-12(4-5-12)8-13-11(19)14(6-9(15)16)7-10(17)18/h2-8H2,1H3,(H,13,19)(H,15,16)(H,17,18). The van der Waals surface area contributed by atoms with Crippen LogP contribution in [0.2, 0.25) is 0 Å². The van der Waals surface area contributed by atoms with Crippen LogP contribution in [0.25, 0.3) is 0 Å². The summed E-state index contributed by atoms with van der Waals surface area (Å²) in [6.45, 7) is 1.33. The molecule has 108 valence electrons. The Morgan fingerprint density at radius 3 is 2.05 bits per heavy atom. The SMILES string of the molecule is CCCC1(CNC(=O)N(CC(=O)O)CC(=O)O)CC1. The quantitative estimate of drug-likeness (QED) is 0.604. The van der Waals surface area contributed by atoms with Crippen LogP contribution in [0.3, 0.4) is 0 Å². The fraction of sp³-hybridized carbons (Fsp3) is 0.750. The molecule has 0 aromatic heterocycles. The van der Waals surface area contributed by atoms with E-state index < -0.39 is 31.1 Å². The minimum Gasteiger partial charge on any atom is -0.480 e. The zero-order chi connectivity index (χ0) is 14.5. The Morgan fingerprint density at radius 2 is 1.68 bits per heavy atom. The molecule has 0 atom stereocenters. The largest absolute Gasteiger partial charge is 0.480 e. The van der Waals surface area contributed by atoms with Gasteiger partial charge in [-0.2, -0.15) is 0 Å². The van der Waals surface area contributed by atoms with E-state index in [1.165, 1.54) is 0 Å². The second-order valence-corrected chi connectivity index (χ2v) is 5.05. The fourth-order valence-corrected chi connectivity index (χ4v) is 2.12. The Labute approximate surface area is 111 Å². The molecule has 19 heavy (non-hydrogen) atoms. The molecule has 2 amide bonds. The Balaban J connectivity index is 2.47. The van der Waals surface area contributed by atoms with Crippen LogP contribution in [0.4, 0.5) is 4.79 Å². The van der Waals surface area contributed by atoms with E-state index in [1.807, 2.05) is 0 Å².